The Morgan fingerprint density at radius 2 is 1.90 bits per heavy atom. The van der Waals surface area contributed by atoms with Crippen molar-refractivity contribution in [3.8, 4) is 0 Å². The van der Waals surface area contributed by atoms with Gasteiger partial charge in [-0.1, -0.05) is 20.8 Å². The lowest BCUT2D eigenvalue weighted by Crippen LogP contribution is -2.33. The number of aromatic nitrogens is 2. The molecule has 20 heavy (non-hydrogen) atoms. The Hall–Kier alpha value is -1.17. The summed E-state index contributed by atoms with van der Waals surface area (Å²) in [6, 6.07) is 2.63. The molecule has 1 heterocycles. The molecule has 0 spiro atoms. The maximum Gasteiger partial charge on any atom is 0.435 e. The second-order valence-electron chi connectivity index (χ2n) is 5.39. The molecule has 0 aliphatic carbocycles. The van der Waals surface area contributed by atoms with Gasteiger partial charge in [-0.2, -0.15) is 18.3 Å². The van der Waals surface area contributed by atoms with Crippen molar-refractivity contribution in [2.45, 2.75) is 52.3 Å². The van der Waals surface area contributed by atoms with Crippen LogP contribution in [0.2, 0.25) is 0 Å². The van der Waals surface area contributed by atoms with E-state index in [1.165, 1.54) is 6.07 Å². The minimum absolute atomic E-state index is 0.223. The summed E-state index contributed by atoms with van der Waals surface area (Å²) < 4.78 is 37.2. The van der Waals surface area contributed by atoms with E-state index >= 15 is 0 Å². The van der Waals surface area contributed by atoms with Crippen LogP contribution in [-0.2, 0) is 12.6 Å². The van der Waals surface area contributed by atoms with Crippen LogP contribution in [0.3, 0.4) is 0 Å². The smallest absolute Gasteiger partial charge is 0.314 e. The summed E-state index contributed by atoms with van der Waals surface area (Å²) in [7, 11) is 0. The molecule has 1 N–H and O–H groups in total. The Balaban J connectivity index is 2.68. The first-order valence-electron chi connectivity index (χ1n) is 6.96. The lowest BCUT2D eigenvalue weighted by molar-refractivity contribution is -0.141. The van der Waals surface area contributed by atoms with Crippen molar-refractivity contribution < 1.29 is 13.2 Å². The molecule has 0 saturated carbocycles. The molecule has 0 radical (unpaired) electrons. The maximum absolute atomic E-state index is 12.4. The Labute approximate surface area is 118 Å². The van der Waals surface area contributed by atoms with Gasteiger partial charge in [0.05, 0.1) is 5.69 Å². The number of rotatable bonds is 7. The predicted molar refractivity (Wildman–Crippen MR) is 72.3 cm³/mol. The molecule has 3 nitrogen and oxygen atoms in total. The van der Waals surface area contributed by atoms with Crippen LogP contribution in [0.25, 0.3) is 0 Å². The standard InChI is InChI=1S/C14H22F3N3/c1-4-7-18-12(8-10(2)3)9-11-5-6-13(20-19-11)14(15,16)17/h5-6,10,12,18H,4,7-9H2,1-3H3. The average molecular weight is 289 g/mol. The molecular weight excluding hydrogens is 267 g/mol. The average Bonchev–Trinajstić information content (AvgIpc) is 2.35. The van der Waals surface area contributed by atoms with Gasteiger partial charge in [-0.3, -0.25) is 0 Å². The fourth-order valence-corrected chi connectivity index (χ4v) is 2.03. The van der Waals surface area contributed by atoms with Crippen LogP contribution in [0.5, 0.6) is 0 Å². The van der Waals surface area contributed by atoms with Gasteiger partial charge in [0.25, 0.3) is 0 Å². The fraction of sp³-hybridized carbons (Fsp3) is 0.714. The zero-order chi connectivity index (χ0) is 15.2. The van der Waals surface area contributed by atoms with Crippen LogP contribution in [-0.4, -0.2) is 22.8 Å². The molecule has 0 bridgehead atoms. The van der Waals surface area contributed by atoms with Gasteiger partial charge in [0.2, 0.25) is 0 Å². The van der Waals surface area contributed by atoms with E-state index < -0.39 is 11.9 Å². The quantitative estimate of drug-likeness (QED) is 0.835. The molecule has 0 saturated heterocycles. The molecule has 0 amide bonds. The fourth-order valence-electron chi connectivity index (χ4n) is 2.03. The summed E-state index contributed by atoms with van der Waals surface area (Å²) >= 11 is 0. The predicted octanol–water partition coefficient (Wildman–Crippen LogP) is 3.45. The third-order valence-corrected chi connectivity index (χ3v) is 2.90. The van der Waals surface area contributed by atoms with Crippen LogP contribution in [0.4, 0.5) is 13.2 Å². The van der Waals surface area contributed by atoms with Crippen LogP contribution < -0.4 is 5.32 Å². The van der Waals surface area contributed by atoms with Crippen LogP contribution >= 0.6 is 0 Å². The van der Waals surface area contributed by atoms with E-state index in [1.807, 2.05) is 0 Å². The third kappa shape index (κ3) is 5.86. The molecule has 0 aromatic carbocycles. The largest absolute Gasteiger partial charge is 0.435 e. The Morgan fingerprint density at radius 3 is 2.35 bits per heavy atom. The molecule has 0 fully saturated rings. The first kappa shape index (κ1) is 16.9. The summed E-state index contributed by atoms with van der Waals surface area (Å²) in [5.41, 5.74) is -0.351. The van der Waals surface area contributed by atoms with E-state index in [0.717, 1.165) is 25.5 Å². The van der Waals surface area contributed by atoms with Gasteiger partial charge in [0.1, 0.15) is 0 Å². The highest BCUT2D eigenvalue weighted by Crippen LogP contribution is 2.26. The van der Waals surface area contributed by atoms with Gasteiger partial charge in [-0.25, -0.2) is 0 Å². The van der Waals surface area contributed by atoms with E-state index in [0.29, 0.717) is 18.0 Å². The van der Waals surface area contributed by atoms with Crippen molar-refractivity contribution in [3.05, 3.63) is 23.5 Å². The minimum Gasteiger partial charge on any atom is -0.314 e. The second kappa shape index (κ2) is 7.57. The zero-order valence-electron chi connectivity index (χ0n) is 12.2. The highest BCUT2D eigenvalue weighted by molar-refractivity contribution is 5.10. The van der Waals surface area contributed by atoms with Gasteiger partial charge < -0.3 is 5.32 Å². The highest BCUT2D eigenvalue weighted by atomic mass is 19.4. The summed E-state index contributed by atoms with van der Waals surface area (Å²) in [6.45, 7) is 7.22. The molecular formula is C14H22F3N3. The summed E-state index contributed by atoms with van der Waals surface area (Å²) in [5.74, 6) is 0.520. The minimum atomic E-state index is -4.43. The highest BCUT2D eigenvalue weighted by Gasteiger charge is 2.32. The molecule has 1 aromatic rings. The number of halogens is 3. The van der Waals surface area contributed by atoms with Crippen molar-refractivity contribution >= 4 is 0 Å². The molecule has 1 unspecified atom stereocenters. The monoisotopic (exact) mass is 289 g/mol. The van der Waals surface area contributed by atoms with Crippen molar-refractivity contribution in [1.29, 1.82) is 0 Å². The van der Waals surface area contributed by atoms with Crippen molar-refractivity contribution in [3.63, 3.8) is 0 Å². The summed E-state index contributed by atoms with van der Waals surface area (Å²) in [4.78, 5) is 0. The zero-order valence-corrected chi connectivity index (χ0v) is 12.2. The van der Waals surface area contributed by atoms with Crippen LogP contribution in [0.1, 0.15) is 45.0 Å². The SMILES string of the molecule is CCCNC(Cc1ccc(C(F)(F)F)nn1)CC(C)C. The van der Waals surface area contributed by atoms with Gasteiger partial charge in [0.15, 0.2) is 5.69 Å². The van der Waals surface area contributed by atoms with Crippen molar-refractivity contribution in [2.75, 3.05) is 6.54 Å². The van der Waals surface area contributed by atoms with Crippen molar-refractivity contribution in [1.82, 2.24) is 15.5 Å². The van der Waals surface area contributed by atoms with Gasteiger partial charge >= 0.3 is 6.18 Å². The Kier molecular flexibility index (Phi) is 6.39. The Morgan fingerprint density at radius 1 is 1.20 bits per heavy atom. The van der Waals surface area contributed by atoms with Gasteiger partial charge in [0, 0.05) is 12.5 Å². The van der Waals surface area contributed by atoms with E-state index in [-0.39, 0.29) is 6.04 Å². The summed E-state index contributed by atoms with van der Waals surface area (Å²) in [6.07, 6.45) is -1.84. The lowest BCUT2D eigenvalue weighted by atomic mass is 9.99. The van der Waals surface area contributed by atoms with Gasteiger partial charge in [-0.15, -0.1) is 5.10 Å². The Bertz CT molecular complexity index is 388. The normalized spacial score (nSPS) is 13.8. The van der Waals surface area contributed by atoms with Crippen LogP contribution in [0, 0.1) is 5.92 Å². The number of hydrogen-bond donors (Lipinski definition) is 1. The second-order valence-corrected chi connectivity index (χ2v) is 5.39. The molecule has 6 heteroatoms. The molecule has 1 atom stereocenters. The third-order valence-electron chi connectivity index (χ3n) is 2.90. The van der Waals surface area contributed by atoms with Crippen molar-refractivity contribution in [2.24, 2.45) is 5.92 Å². The lowest BCUT2D eigenvalue weighted by Gasteiger charge is -2.20. The van der Waals surface area contributed by atoms with Crippen LogP contribution in [0.15, 0.2) is 12.1 Å². The van der Waals surface area contributed by atoms with E-state index in [4.69, 9.17) is 0 Å². The van der Waals surface area contributed by atoms with E-state index in [9.17, 15) is 13.2 Å². The number of alkyl halides is 3. The number of hydrogen-bond acceptors (Lipinski definition) is 3. The van der Waals surface area contributed by atoms with Gasteiger partial charge in [-0.05, 0) is 37.4 Å². The summed E-state index contributed by atoms with van der Waals surface area (Å²) in [5, 5.41) is 10.4. The number of nitrogens with zero attached hydrogens (tertiary/aromatic N) is 2. The maximum atomic E-state index is 12.4. The molecule has 0 aliphatic rings. The topological polar surface area (TPSA) is 37.8 Å². The molecule has 114 valence electrons. The molecule has 0 aliphatic heterocycles. The molecule has 1 rings (SSSR count). The number of nitrogens with one attached hydrogen (secondary N) is 1. The first-order valence-corrected chi connectivity index (χ1v) is 6.96. The molecule has 1 aromatic heterocycles. The first-order chi connectivity index (χ1) is 9.32. The van der Waals surface area contributed by atoms with E-state index in [1.54, 1.807) is 0 Å². The van der Waals surface area contributed by atoms with E-state index in [2.05, 4.69) is 36.3 Å².